The Morgan fingerprint density at radius 3 is 1.42 bits per heavy atom. The Kier molecular flexibility index (Phi) is 25.2. The lowest BCUT2D eigenvalue weighted by molar-refractivity contribution is 0.0865. The quantitative estimate of drug-likeness (QED) is 0.380. The fourth-order valence-corrected chi connectivity index (χ4v) is 0.718. The lowest BCUT2D eigenvalue weighted by Crippen LogP contribution is -2.10. The lowest BCUT2D eigenvalue weighted by Gasteiger charge is -2.02. The largest absolute Gasteiger partial charge is 0.396 e. The molecule has 0 rings (SSSR count). The number of hydrogen-bond donors (Lipinski definition) is 6. The number of aliphatic hydroxyl groups excluding tert-OH is 6. The van der Waals surface area contributed by atoms with Crippen LogP contribution in [0.3, 0.4) is 0 Å². The first kappa shape index (κ1) is 23.8. The zero-order valence-corrected chi connectivity index (χ0v) is 12.4. The highest BCUT2D eigenvalue weighted by Gasteiger charge is 1.97. The van der Waals surface area contributed by atoms with Gasteiger partial charge in [0.25, 0.3) is 0 Å². The summed E-state index contributed by atoms with van der Waals surface area (Å²) in [7, 11) is 0. The highest BCUT2D eigenvalue weighted by molar-refractivity contribution is 4.50. The molecule has 0 amide bonds. The molecule has 0 saturated carbocycles. The average molecular weight is 284 g/mol. The van der Waals surface area contributed by atoms with Crippen molar-refractivity contribution >= 4 is 0 Å². The zero-order chi connectivity index (χ0) is 15.7. The maximum atomic E-state index is 8.74. The smallest absolute Gasteiger partial charge is 0.0770 e. The van der Waals surface area contributed by atoms with Crippen LogP contribution in [0.5, 0.6) is 0 Å². The van der Waals surface area contributed by atoms with Gasteiger partial charge in [-0.05, 0) is 26.7 Å². The summed E-state index contributed by atoms with van der Waals surface area (Å²) < 4.78 is 0. The third kappa shape index (κ3) is 38.1. The van der Waals surface area contributed by atoms with Gasteiger partial charge in [0.15, 0.2) is 0 Å². The van der Waals surface area contributed by atoms with Crippen LogP contribution in [-0.2, 0) is 0 Å². The SMILES string of the molecule is CC(O)CCO.CC(O)CO.CCCCC(O)CO. The van der Waals surface area contributed by atoms with Crippen LogP contribution >= 0.6 is 0 Å². The Labute approximate surface area is 116 Å². The van der Waals surface area contributed by atoms with E-state index in [0.717, 1.165) is 19.3 Å². The Bertz CT molecular complexity index is 141. The number of aliphatic hydroxyl groups is 6. The fraction of sp³-hybridized carbons (Fsp3) is 1.00. The van der Waals surface area contributed by atoms with Crippen molar-refractivity contribution in [3.05, 3.63) is 0 Å². The molecule has 0 aliphatic heterocycles. The summed E-state index contributed by atoms with van der Waals surface area (Å²) >= 11 is 0. The molecular formula is C13H32O6. The third-order valence-electron chi connectivity index (χ3n) is 1.91. The van der Waals surface area contributed by atoms with E-state index in [4.69, 9.17) is 30.6 Å². The van der Waals surface area contributed by atoms with Gasteiger partial charge in [0.1, 0.15) is 0 Å². The summed E-state index contributed by atoms with van der Waals surface area (Å²) in [6, 6.07) is 0. The molecule has 0 aromatic heterocycles. The summed E-state index contributed by atoms with van der Waals surface area (Å²) in [5, 5.41) is 49.5. The molecule has 0 aliphatic rings. The second-order valence-corrected chi connectivity index (χ2v) is 4.37. The number of unbranched alkanes of at least 4 members (excludes halogenated alkanes) is 1. The summed E-state index contributed by atoms with van der Waals surface area (Å²) in [6.07, 6.45) is 1.89. The summed E-state index contributed by atoms with van der Waals surface area (Å²) in [6.45, 7) is 5.08. The number of hydrogen-bond acceptors (Lipinski definition) is 6. The van der Waals surface area contributed by atoms with Crippen LogP contribution in [0.25, 0.3) is 0 Å². The van der Waals surface area contributed by atoms with Crippen molar-refractivity contribution in [1.82, 2.24) is 0 Å². The highest BCUT2D eigenvalue weighted by atomic mass is 16.3. The van der Waals surface area contributed by atoms with Crippen molar-refractivity contribution in [2.75, 3.05) is 19.8 Å². The molecular weight excluding hydrogens is 252 g/mol. The monoisotopic (exact) mass is 284 g/mol. The van der Waals surface area contributed by atoms with Crippen molar-refractivity contribution in [2.45, 2.75) is 64.8 Å². The predicted octanol–water partition coefficient (Wildman–Crippen LogP) is -0.361. The van der Waals surface area contributed by atoms with Gasteiger partial charge in [-0.15, -0.1) is 0 Å². The highest BCUT2D eigenvalue weighted by Crippen LogP contribution is 1.97. The van der Waals surface area contributed by atoms with Gasteiger partial charge in [-0.2, -0.15) is 0 Å². The Balaban J connectivity index is -0.000000209. The van der Waals surface area contributed by atoms with E-state index < -0.39 is 12.2 Å². The normalized spacial score (nSPS) is 14.4. The minimum atomic E-state index is -0.560. The van der Waals surface area contributed by atoms with Crippen molar-refractivity contribution in [3.63, 3.8) is 0 Å². The fourth-order valence-electron chi connectivity index (χ4n) is 0.718. The van der Waals surface area contributed by atoms with E-state index in [2.05, 4.69) is 6.92 Å². The summed E-state index contributed by atoms with van der Waals surface area (Å²) in [5.74, 6) is 0. The summed E-state index contributed by atoms with van der Waals surface area (Å²) in [5.41, 5.74) is 0. The third-order valence-corrected chi connectivity index (χ3v) is 1.91. The average Bonchev–Trinajstić information content (AvgIpc) is 2.37. The molecule has 0 aliphatic carbocycles. The molecule has 6 heteroatoms. The zero-order valence-electron chi connectivity index (χ0n) is 12.4. The number of rotatable bonds is 7. The molecule has 3 atom stereocenters. The maximum Gasteiger partial charge on any atom is 0.0770 e. The standard InChI is InChI=1S/C6H14O2.C4H10O2.C3H8O2/c1-2-3-4-6(8)5-7;1-4(6)2-3-5;1-3(5)2-4/h6-8H,2-5H2,1H3;4-6H,2-3H2,1H3;3-5H,2H2,1H3. The van der Waals surface area contributed by atoms with E-state index in [1.54, 1.807) is 6.92 Å². The van der Waals surface area contributed by atoms with Crippen molar-refractivity contribution < 1.29 is 30.6 Å². The Morgan fingerprint density at radius 2 is 1.26 bits per heavy atom. The van der Waals surface area contributed by atoms with Crippen molar-refractivity contribution in [3.8, 4) is 0 Å². The molecule has 6 nitrogen and oxygen atoms in total. The predicted molar refractivity (Wildman–Crippen MR) is 74.8 cm³/mol. The second-order valence-electron chi connectivity index (χ2n) is 4.37. The van der Waals surface area contributed by atoms with Crippen LogP contribution < -0.4 is 0 Å². The molecule has 0 radical (unpaired) electrons. The topological polar surface area (TPSA) is 121 Å². The molecule has 0 aromatic carbocycles. The van der Waals surface area contributed by atoms with Gasteiger partial charge < -0.3 is 30.6 Å². The molecule has 0 heterocycles. The van der Waals surface area contributed by atoms with E-state index in [1.165, 1.54) is 6.92 Å². The van der Waals surface area contributed by atoms with Gasteiger partial charge in [0, 0.05) is 6.61 Å². The first-order valence-corrected chi connectivity index (χ1v) is 6.72. The van der Waals surface area contributed by atoms with Gasteiger partial charge >= 0.3 is 0 Å². The molecule has 0 bridgehead atoms. The van der Waals surface area contributed by atoms with Crippen LogP contribution in [0, 0.1) is 0 Å². The van der Waals surface area contributed by atoms with E-state index >= 15 is 0 Å². The van der Waals surface area contributed by atoms with E-state index in [-0.39, 0.29) is 25.9 Å². The van der Waals surface area contributed by atoms with Gasteiger partial charge in [-0.3, -0.25) is 0 Å². The molecule has 0 aromatic rings. The molecule has 3 unspecified atom stereocenters. The lowest BCUT2D eigenvalue weighted by atomic mass is 10.2. The van der Waals surface area contributed by atoms with Gasteiger partial charge in [0.2, 0.25) is 0 Å². The van der Waals surface area contributed by atoms with Gasteiger partial charge in [0.05, 0.1) is 31.5 Å². The second kappa shape index (κ2) is 20.1. The van der Waals surface area contributed by atoms with E-state index in [0.29, 0.717) is 6.42 Å². The van der Waals surface area contributed by atoms with Gasteiger partial charge in [-0.25, -0.2) is 0 Å². The molecule has 19 heavy (non-hydrogen) atoms. The van der Waals surface area contributed by atoms with E-state index in [9.17, 15) is 0 Å². The van der Waals surface area contributed by atoms with Crippen LogP contribution in [0.4, 0.5) is 0 Å². The first-order chi connectivity index (χ1) is 8.85. The van der Waals surface area contributed by atoms with Crippen LogP contribution in [0.1, 0.15) is 46.5 Å². The Morgan fingerprint density at radius 1 is 0.789 bits per heavy atom. The molecule has 0 spiro atoms. The molecule has 6 N–H and O–H groups in total. The maximum absolute atomic E-state index is 8.74. The first-order valence-electron chi connectivity index (χ1n) is 6.72. The molecule has 0 saturated heterocycles. The van der Waals surface area contributed by atoms with Gasteiger partial charge in [-0.1, -0.05) is 19.8 Å². The van der Waals surface area contributed by atoms with Crippen LogP contribution in [-0.4, -0.2) is 68.8 Å². The minimum absolute atomic E-state index is 0.0810. The van der Waals surface area contributed by atoms with Crippen LogP contribution in [0.2, 0.25) is 0 Å². The Hall–Kier alpha value is -0.240. The molecule has 0 fully saturated rings. The molecule has 120 valence electrons. The van der Waals surface area contributed by atoms with E-state index in [1.807, 2.05) is 0 Å². The minimum Gasteiger partial charge on any atom is -0.396 e. The van der Waals surface area contributed by atoms with Crippen molar-refractivity contribution in [1.29, 1.82) is 0 Å². The summed E-state index contributed by atoms with van der Waals surface area (Å²) in [4.78, 5) is 0. The van der Waals surface area contributed by atoms with Crippen molar-refractivity contribution in [2.24, 2.45) is 0 Å². The van der Waals surface area contributed by atoms with Crippen LogP contribution in [0.15, 0.2) is 0 Å².